The molecule has 4 heteroatoms. The Hall–Kier alpha value is -1.11. The van der Waals surface area contributed by atoms with E-state index < -0.39 is 5.82 Å². The fraction of sp³-hybridized carbons (Fsp3) is 0. The van der Waals surface area contributed by atoms with Crippen molar-refractivity contribution in [2.75, 3.05) is 0 Å². The van der Waals surface area contributed by atoms with Gasteiger partial charge in [-0.05, 0) is 17.5 Å². The van der Waals surface area contributed by atoms with Crippen molar-refractivity contribution in [3.05, 3.63) is 33.9 Å². The van der Waals surface area contributed by atoms with E-state index in [2.05, 4.69) is 0 Å². The Morgan fingerprint density at radius 3 is 3.00 bits per heavy atom. The summed E-state index contributed by atoms with van der Waals surface area (Å²) in [7, 11) is 0. The zero-order valence-corrected chi connectivity index (χ0v) is 7.92. The van der Waals surface area contributed by atoms with Crippen molar-refractivity contribution in [2.45, 2.75) is 0 Å². The molecule has 0 aliphatic rings. The van der Waals surface area contributed by atoms with Gasteiger partial charge < -0.3 is 0 Å². The molecule has 2 rings (SSSR count). The number of fused-ring (bicyclic) bond motifs is 1. The van der Waals surface area contributed by atoms with E-state index in [-0.39, 0.29) is 5.56 Å². The number of rotatable bonds is 0. The minimum absolute atomic E-state index is 0.00380. The summed E-state index contributed by atoms with van der Waals surface area (Å²) in [4.78, 5) is 0. The number of halogens is 2. The molecule has 1 heterocycles. The number of benzene rings is 1. The third-order valence-electron chi connectivity index (χ3n) is 1.75. The fourth-order valence-electron chi connectivity index (χ4n) is 1.15. The van der Waals surface area contributed by atoms with Crippen molar-refractivity contribution in [1.29, 1.82) is 5.26 Å². The maximum Gasteiger partial charge on any atom is 0.149 e. The van der Waals surface area contributed by atoms with Gasteiger partial charge in [-0.3, -0.25) is 0 Å². The number of nitrogens with zero attached hydrogens (tertiary/aromatic N) is 1. The van der Waals surface area contributed by atoms with Crippen LogP contribution in [0.4, 0.5) is 4.39 Å². The summed E-state index contributed by atoms with van der Waals surface area (Å²) < 4.78 is 14.1. The van der Waals surface area contributed by atoms with E-state index in [0.29, 0.717) is 15.1 Å². The number of thiophene rings is 1. The van der Waals surface area contributed by atoms with Crippen LogP contribution in [0.5, 0.6) is 0 Å². The molecule has 1 nitrogen and oxygen atoms in total. The van der Waals surface area contributed by atoms with E-state index in [1.807, 2.05) is 0 Å². The van der Waals surface area contributed by atoms with Gasteiger partial charge >= 0.3 is 0 Å². The first kappa shape index (κ1) is 8.49. The molecular formula is C9H3ClFNS. The highest BCUT2D eigenvalue weighted by Gasteiger charge is 2.11. The molecule has 1 aromatic heterocycles. The minimum atomic E-state index is -0.483. The van der Waals surface area contributed by atoms with Crippen molar-refractivity contribution in [3.8, 4) is 6.07 Å². The average molecular weight is 212 g/mol. The second-order valence-corrected chi connectivity index (χ2v) is 3.82. The van der Waals surface area contributed by atoms with Crippen LogP contribution in [0.25, 0.3) is 10.1 Å². The topological polar surface area (TPSA) is 23.8 Å². The molecule has 0 atom stereocenters. The molecule has 0 saturated heterocycles. The van der Waals surface area contributed by atoms with Crippen LogP contribution in [-0.4, -0.2) is 0 Å². The van der Waals surface area contributed by atoms with Gasteiger partial charge in [-0.15, -0.1) is 11.3 Å². The molecule has 0 amide bonds. The normalized spacial score (nSPS) is 10.2. The van der Waals surface area contributed by atoms with Gasteiger partial charge in [-0.25, -0.2) is 4.39 Å². The molecule has 0 spiro atoms. The SMILES string of the molecule is N#Cc1cc(Cl)c2sccc2c1F. The first-order valence-corrected chi connectivity index (χ1v) is 4.75. The highest BCUT2D eigenvalue weighted by atomic mass is 35.5. The van der Waals surface area contributed by atoms with Crippen LogP contribution in [0, 0.1) is 17.1 Å². The third-order valence-corrected chi connectivity index (χ3v) is 3.10. The third kappa shape index (κ3) is 1.19. The van der Waals surface area contributed by atoms with Crippen LogP contribution in [0.2, 0.25) is 5.02 Å². The monoisotopic (exact) mass is 211 g/mol. The number of nitriles is 1. The van der Waals surface area contributed by atoms with Crippen molar-refractivity contribution in [1.82, 2.24) is 0 Å². The largest absolute Gasteiger partial charge is 0.205 e. The molecule has 0 saturated carbocycles. The summed E-state index contributed by atoms with van der Waals surface area (Å²) in [5.41, 5.74) is -0.00380. The highest BCUT2D eigenvalue weighted by molar-refractivity contribution is 7.17. The Morgan fingerprint density at radius 2 is 2.31 bits per heavy atom. The van der Waals surface area contributed by atoms with Crippen LogP contribution in [-0.2, 0) is 0 Å². The predicted molar refractivity (Wildman–Crippen MR) is 51.5 cm³/mol. The molecule has 0 bridgehead atoms. The lowest BCUT2D eigenvalue weighted by atomic mass is 10.2. The first-order valence-electron chi connectivity index (χ1n) is 3.49. The fourth-order valence-corrected chi connectivity index (χ4v) is 2.29. The van der Waals surface area contributed by atoms with Crippen LogP contribution in [0.15, 0.2) is 17.5 Å². The number of hydrogen-bond acceptors (Lipinski definition) is 2. The first-order chi connectivity index (χ1) is 6.24. The number of hydrogen-bond donors (Lipinski definition) is 0. The summed E-state index contributed by atoms with van der Waals surface area (Å²) in [6.45, 7) is 0. The Labute approximate surface area is 83.0 Å². The maximum absolute atomic E-state index is 13.4. The molecule has 0 radical (unpaired) electrons. The molecule has 0 aliphatic heterocycles. The molecule has 0 aliphatic carbocycles. The zero-order valence-electron chi connectivity index (χ0n) is 6.34. The molecule has 64 valence electrons. The Morgan fingerprint density at radius 1 is 1.54 bits per heavy atom. The molecular weight excluding hydrogens is 209 g/mol. The van der Waals surface area contributed by atoms with Crippen LogP contribution < -0.4 is 0 Å². The van der Waals surface area contributed by atoms with E-state index in [1.165, 1.54) is 17.4 Å². The summed E-state index contributed by atoms with van der Waals surface area (Å²) in [6, 6.07) is 4.75. The minimum Gasteiger partial charge on any atom is -0.205 e. The molecule has 13 heavy (non-hydrogen) atoms. The van der Waals surface area contributed by atoms with Crippen LogP contribution in [0.3, 0.4) is 0 Å². The smallest absolute Gasteiger partial charge is 0.149 e. The van der Waals surface area contributed by atoms with E-state index >= 15 is 0 Å². The van der Waals surface area contributed by atoms with Gasteiger partial charge in [0, 0.05) is 5.39 Å². The maximum atomic E-state index is 13.4. The van der Waals surface area contributed by atoms with Gasteiger partial charge in [0.25, 0.3) is 0 Å². The summed E-state index contributed by atoms with van der Waals surface area (Å²) in [5.74, 6) is -0.483. The van der Waals surface area contributed by atoms with E-state index in [1.54, 1.807) is 17.5 Å². The molecule has 2 aromatic rings. The van der Waals surface area contributed by atoms with Crippen molar-refractivity contribution in [2.24, 2.45) is 0 Å². The van der Waals surface area contributed by atoms with E-state index in [0.717, 1.165) is 0 Å². The summed E-state index contributed by atoms with van der Waals surface area (Å²) in [6.07, 6.45) is 0. The van der Waals surface area contributed by atoms with Crippen molar-refractivity contribution < 1.29 is 4.39 Å². The Balaban J connectivity index is 2.95. The Kier molecular flexibility index (Phi) is 1.95. The second kappa shape index (κ2) is 2.99. The summed E-state index contributed by atoms with van der Waals surface area (Å²) in [5, 5.41) is 11.2. The van der Waals surface area contributed by atoms with Gasteiger partial charge in [0.05, 0.1) is 15.3 Å². The van der Waals surface area contributed by atoms with Gasteiger partial charge in [-0.2, -0.15) is 5.26 Å². The van der Waals surface area contributed by atoms with Gasteiger partial charge in [0.15, 0.2) is 0 Å². The lowest BCUT2D eigenvalue weighted by Crippen LogP contribution is -1.83. The van der Waals surface area contributed by atoms with Crippen LogP contribution >= 0.6 is 22.9 Å². The van der Waals surface area contributed by atoms with Gasteiger partial charge in [0.1, 0.15) is 11.9 Å². The molecule has 0 unspecified atom stereocenters. The summed E-state index contributed by atoms with van der Waals surface area (Å²) >= 11 is 7.21. The lowest BCUT2D eigenvalue weighted by molar-refractivity contribution is 0.636. The Bertz CT molecular complexity index is 512. The van der Waals surface area contributed by atoms with Gasteiger partial charge in [-0.1, -0.05) is 11.6 Å². The lowest BCUT2D eigenvalue weighted by Gasteiger charge is -1.97. The zero-order chi connectivity index (χ0) is 9.42. The second-order valence-electron chi connectivity index (χ2n) is 2.50. The standard InChI is InChI=1S/C9H3ClFNS/c10-7-3-5(4-12)8(11)6-1-2-13-9(6)7/h1-3H. The van der Waals surface area contributed by atoms with E-state index in [4.69, 9.17) is 16.9 Å². The molecule has 1 aromatic carbocycles. The quantitative estimate of drug-likeness (QED) is 0.654. The van der Waals surface area contributed by atoms with Crippen molar-refractivity contribution in [3.63, 3.8) is 0 Å². The molecule has 0 fully saturated rings. The highest BCUT2D eigenvalue weighted by Crippen LogP contribution is 2.32. The average Bonchev–Trinajstić information content (AvgIpc) is 2.60. The van der Waals surface area contributed by atoms with Crippen molar-refractivity contribution >= 4 is 33.0 Å². The van der Waals surface area contributed by atoms with Gasteiger partial charge in [0.2, 0.25) is 0 Å². The molecule has 0 N–H and O–H groups in total. The van der Waals surface area contributed by atoms with E-state index in [9.17, 15) is 4.39 Å². The predicted octanol–water partition coefficient (Wildman–Crippen LogP) is 3.57. The van der Waals surface area contributed by atoms with Crippen LogP contribution in [0.1, 0.15) is 5.56 Å².